The molecular formula is C16H24N4O4S2. The molecule has 26 heavy (non-hydrogen) atoms. The van der Waals surface area contributed by atoms with Gasteiger partial charge in [0, 0.05) is 39.8 Å². The maximum absolute atomic E-state index is 12.7. The van der Waals surface area contributed by atoms with Crippen molar-refractivity contribution in [2.75, 3.05) is 40.3 Å². The summed E-state index contributed by atoms with van der Waals surface area (Å²) in [6.07, 6.45) is 1.82. The summed E-state index contributed by atoms with van der Waals surface area (Å²) < 4.78 is 27.0. The zero-order valence-electron chi connectivity index (χ0n) is 14.9. The minimum atomic E-state index is -3.66. The summed E-state index contributed by atoms with van der Waals surface area (Å²) in [7, 11) is -0.219. The Kier molecular flexibility index (Phi) is 5.54. The van der Waals surface area contributed by atoms with Crippen molar-refractivity contribution in [3.8, 4) is 0 Å². The van der Waals surface area contributed by atoms with E-state index in [1.54, 1.807) is 40.2 Å². The maximum Gasteiger partial charge on any atom is 0.319 e. The van der Waals surface area contributed by atoms with Gasteiger partial charge in [0.2, 0.25) is 5.91 Å². The number of nitrogens with zero attached hydrogens (tertiary/aromatic N) is 3. The third kappa shape index (κ3) is 4.02. The van der Waals surface area contributed by atoms with Crippen molar-refractivity contribution in [3.05, 3.63) is 17.5 Å². The Labute approximate surface area is 157 Å². The van der Waals surface area contributed by atoms with E-state index in [9.17, 15) is 18.0 Å². The van der Waals surface area contributed by atoms with Crippen LogP contribution in [0.3, 0.4) is 0 Å². The smallest absolute Gasteiger partial charge is 0.319 e. The second kappa shape index (κ2) is 7.53. The first-order chi connectivity index (χ1) is 12.3. The van der Waals surface area contributed by atoms with Crippen LogP contribution in [0, 0.1) is 5.92 Å². The van der Waals surface area contributed by atoms with Gasteiger partial charge in [0.05, 0.1) is 6.54 Å². The van der Waals surface area contributed by atoms with Gasteiger partial charge < -0.3 is 14.7 Å². The van der Waals surface area contributed by atoms with E-state index in [0.717, 1.165) is 24.2 Å². The number of thiophene rings is 1. The number of piperidine rings is 1. The van der Waals surface area contributed by atoms with Gasteiger partial charge >= 0.3 is 6.03 Å². The molecule has 0 unspecified atom stereocenters. The average Bonchev–Trinajstić information content (AvgIpc) is 3.01. The number of urea groups is 1. The van der Waals surface area contributed by atoms with Gasteiger partial charge in [-0.2, -0.15) is 0 Å². The van der Waals surface area contributed by atoms with Crippen molar-refractivity contribution in [1.82, 2.24) is 19.4 Å². The van der Waals surface area contributed by atoms with E-state index < -0.39 is 10.0 Å². The van der Waals surface area contributed by atoms with Crippen LogP contribution in [0.1, 0.15) is 12.8 Å². The van der Waals surface area contributed by atoms with E-state index in [1.165, 1.54) is 6.07 Å². The summed E-state index contributed by atoms with van der Waals surface area (Å²) >= 11 is 1.11. The van der Waals surface area contributed by atoms with Crippen LogP contribution in [0.5, 0.6) is 0 Å². The third-order valence-corrected chi connectivity index (χ3v) is 7.66. The summed E-state index contributed by atoms with van der Waals surface area (Å²) in [6, 6.07) is 3.06. The Morgan fingerprint density at radius 1 is 1.27 bits per heavy atom. The molecule has 10 heteroatoms. The summed E-state index contributed by atoms with van der Waals surface area (Å²) in [5.74, 6) is -0.00511. The molecule has 2 atom stereocenters. The molecule has 1 aromatic heterocycles. The van der Waals surface area contributed by atoms with Crippen molar-refractivity contribution in [1.29, 1.82) is 0 Å². The quantitative estimate of drug-likeness (QED) is 0.803. The molecular weight excluding hydrogens is 376 g/mol. The number of carbonyl (C=O) groups excluding carboxylic acids is 2. The van der Waals surface area contributed by atoms with Gasteiger partial charge in [0.25, 0.3) is 10.0 Å². The Hall–Kier alpha value is -1.65. The average molecular weight is 401 g/mol. The predicted molar refractivity (Wildman–Crippen MR) is 98.4 cm³/mol. The van der Waals surface area contributed by atoms with Crippen LogP contribution < -0.4 is 4.72 Å². The van der Waals surface area contributed by atoms with Crippen molar-refractivity contribution in [2.24, 2.45) is 5.92 Å². The van der Waals surface area contributed by atoms with Crippen LogP contribution in [0.4, 0.5) is 4.79 Å². The molecule has 0 aliphatic carbocycles. The summed E-state index contributed by atoms with van der Waals surface area (Å²) in [5.41, 5.74) is 0. The maximum atomic E-state index is 12.7. The molecule has 4 heterocycles. The molecule has 3 aliphatic heterocycles. The number of amides is 3. The summed E-state index contributed by atoms with van der Waals surface area (Å²) in [5, 5.41) is 1.68. The summed E-state index contributed by atoms with van der Waals surface area (Å²) in [4.78, 5) is 30.0. The number of rotatable bonds is 4. The predicted octanol–water partition coefficient (Wildman–Crippen LogP) is 0.631. The van der Waals surface area contributed by atoms with E-state index in [4.69, 9.17) is 0 Å². The van der Waals surface area contributed by atoms with E-state index in [0.29, 0.717) is 19.6 Å². The topological polar surface area (TPSA) is 90.0 Å². The lowest BCUT2D eigenvalue weighted by Gasteiger charge is -2.36. The molecule has 4 rings (SSSR count). The Morgan fingerprint density at radius 3 is 2.69 bits per heavy atom. The first-order valence-corrected chi connectivity index (χ1v) is 10.9. The largest absolute Gasteiger partial charge is 0.336 e. The number of hydrogen-bond donors (Lipinski definition) is 1. The first kappa shape index (κ1) is 19.1. The van der Waals surface area contributed by atoms with Gasteiger partial charge in [-0.25, -0.2) is 17.9 Å². The SMILES string of the molecule is CN(C)C(=O)N1C[C@@H]2CC[C@H](C1)N(C(=O)CNS(=O)(=O)c1cccs1)C2. The van der Waals surface area contributed by atoms with Gasteiger partial charge in [0.1, 0.15) is 4.21 Å². The van der Waals surface area contributed by atoms with E-state index in [-0.39, 0.29) is 34.7 Å². The number of hydrogen-bond acceptors (Lipinski definition) is 5. The standard InChI is InChI=1S/C16H24N4O4S2/c1-18(2)16(22)19-9-12-5-6-13(11-19)20(10-12)14(21)8-17-26(23,24)15-4-3-7-25-15/h3-4,7,12-13,17H,5-6,8-11H2,1-2H3/t12-,13+/m0/s1. The van der Waals surface area contributed by atoms with Crippen LogP contribution >= 0.6 is 11.3 Å². The van der Waals surface area contributed by atoms with Crippen molar-refractivity contribution in [2.45, 2.75) is 23.1 Å². The monoisotopic (exact) mass is 400 g/mol. The first-order valence-electron chi connectivity index (χ1n) is 8.57. The summed E-state index contributed by atoms with van der Waals surface area (Å²) in [6.45, 7) is 1.45. The number of nitrogens with one attached hydrogen (secondary N) is 1. The second-order valence-corrected chi connectivity index (χ2v) is 9.92. The Bertz CT molecular complexity index is 763. The van der Waals surface area contributed by atoms with Crippen molar-refractivity contribution < 1.29 is 18.0 Å². The van der Waals surface area contributed by atoms with Crippen molar-refractivity contribution in [3.63, 3.8) is 0 Å². The third-order valence-electron chi connectivity index (χ3n) is 4.86. The molecule has 144 valence electrons. The molecule has 3 amide bonds. The minimum absolute atomic E-state index is 0.0467. The zero-order chi connectivity index (χ0) is 18.9. The second-order valence-electron chi connectivity index (χ2n) is 6.98. The van der Waals surface area contributed by atoms with Gasteiger partial charge in [-0.1, -0.05) is 6.07 Å². The Morgan fingerprint density at radius 2 is 2.04 bits per heavy atom. The lowest BCUT2D eigenvalue weighted by molar-refractivity contribution is -0.133. The molecule has 3 saturated heterocycles. The van der Waals surface area contributed by atoms with Crippen LogP contribution in [-0.2, 0) is 14.8 Å². The van der Waals surface area contributed by atoms with E-state index >= 15 is 0 Å². The minimum Gasteiger partial charge on any atom is -0.336 e. The highest BCUT2D eigenvalue weighted by molar-refractivity contribution is 7.91. The van der Waals surface area contributed by atoms with Crippen LogP contribution in [0.15, 0.2) is 21.7 Å². The van der Waals surface area contributed by atoms with Gasteiger partial charge in [0.15, 0.2) is 0 Å². The molecule has 1 N–H and O–H groups in total. The fourth-order valence-electron chi connectivity index (χ4n) is 3.57. The van der Waals surface area contributed by atoms with Crippen molar-refractivity contribution >= 4 is 33.3 Å². The number of fused-ring (bicyclic) bond motifs is 4. The number of carbonyl (C=O) groups is 2. The molecule has 0 radical (unpaired) electrons. The van der Waals surface area contributed by atoms with Gasteiger partial charge in [-0.05, 0) is 30.2 Å². The lowest BCUT2D eigenvalue weighted by Crippen LogP contribution is -2.51. The normalized spacial score (nSPS) is 23.0. The zero-order valence-corrected chi connectivity index (χ0v) is 16.6. The molecule has 1 aromatic rings. The molecule has 3 fully saturated rings. The Balaban J connectivity index is 1.64. The van der Waals surface area contributed by atoms with E-state index in [1.807, 2.05) is 0 Å². The van der Waals surface area contributed by atoms with Crippen LogP contribution in [-0.4, -0.2) is 81.4 Å². The molecule has 3 aliphatic rings. The highest BCUT2D eigenvalue weighted by Crippen LogP contribution is 2.28. The fourth-order valence-corrected chi connectivity index (χ4v) is 5.58. The van der Waals surface area contributed by atoms with Gasteiger partial charge in [-0.3, -0.25) is 4.79 Å². The molecule has 0 spiro atoms. The molecule has 0 aromatic carbocycles. The molecule has 2 bridgehead atoms. The van der Waals surface area contributed by atoms with E-state index in [2.05, 4.69) is 4.72 Å². The van der Waals surface area contributed by atoms with Crippen LogP contribution in [0.2, 0.25) is 0 Å². The fraction of sp³-hybridized carbons (Fsp3) is 0.625. The highest BCUT2D eigenvalue weighted by atomic mass is 32.2. The number of sulfonamides is 1. The highest BCUT2D eigenvalue weighted by Gasteiger charge is 2.39. The van der Waals surface area contributed by atoms with Crippen LogP contribution in [0.25, 0.3) is 0 Å². The molecule has 0 saturated carbocycles. The van der Waals surface area contributed by atoms with Gasteiger partial charge in [-0.15, -0.1) is 11.3 Å². The lowest BCUT2D eigenvalue weighted by atomic mass is 9.95. The molecule has 8 nitrogen and oxygen atoms in total.